The normalized spacial score (nSPS) is 10.5. The molecule has 0 aliphatic rings. The van der Waals surface area contributed by atoms with E-state index in [1.54, 1.807) is 0 Å². The second-order valence-corrected chi connectivity index (χ2v) is 5.71. The van der Waals surface area contributed by atoms with Crippen LogP contribution in [0.2, 0.25) is 6.04 Å². The molecule has 2 nitrogen and oxygen atoms in total. The fourth-order valence-electron chi connectivity index (χ4n) is 1.21. The van der Waals surface area contributed by atoms with E-state index in [1.165, 1.54) is 0 Å². The van der Waals surface area contributed by atoms with Gasteiger partial charge in [0.1, 0.15) is 10.8 Å². The second-order valence-electron chi connectivity index (χ2n) is 3.14. The SMILES string of the molecule is CCCC[Si](C(=O)CC)C(=O)CC. The molecular formula is C10H19O2Si. The highest BCUT2D eigenvalue weighted by atomic mass is 28.3. The summed E-state index contributed by atoms with van der Waals surface area (Å²) in [5, 5.41) is 0.426. The lowest BCUT2D eigenvalue weighted by Crippen LogP contribution is -2.34. The molecule has 13 heavy (non-hydrogen) atoms. The first-order valence-electron chi connectivity index (χ1n) is 5.09. The van der Waals surface area contributed by atoms with Crippen LogP contribution in [0.15, 0.2) is 0 Å². The molecule has 1 radical (unpaired) electrons. The Morgan fingerprint density at radius 1 is 1.00 bits per heavy atom. The third-order valence-corrected chi connectivity index (χ3v) is 5.00. The Bertz CT molecular complexity index is 162. The fraction of sp³-hybridized carbons (Fsp3) is 0.800. The van der Waals surface area contributed by atoms with Crippen molar-refractivity contribution in [1.29, 1.82) is 0 Å². The first-order valence-corrected chi connectivity index (χ1v) is 6.80. The Balaban J connectivity index is 4.18. The van der Waals surface area contributed by atoms with Gasteiger partial charge in [0.05, 0.1) is 0 Å². The lowest BCUT2D eigenvalue weighted by atomic mass is 10.4. The first kappa shape index (κ1) is 12.6. The van der Waals surface area contributed by atoms with Crippen LogP contribution in [-0.4, -0.2) is 19.6 Å². The van der Waals surface area contributed by atoms with E-state index in [0.29, 0.717) is 12.8 Å². The van der Waals surface area contributed by atoms with Crippen molar-refractivity contribution in [3.63, 3.8) is 0 Å². The zero-order chi connectivity index (χ0) is 10.3. The third kappa shape index (κ3) is 4.36. The average Bonchev–Trinajstić information content (AvgIpc) is 2.17. The van der Waals surface area contributed by atoms with Crippen LogP contribution in [0.3, 0.4) is 0 Å². The standard InChI is InChI=1S/C10H19O2Si/c1-4-7-8-13(9(11)5-2)10(12)6-3/h4-8H2,1-3H3. The molecule has 0 aliphatic carbocycles. The molecule has 0 heterocycles. The minimum absolute atomic E-state index is 0.213. The Kier molecular flexibility index (Phi) is 6.77. The number of hydrogen-bond donors (Lipinski definition) is 0. The average molecular weight is 199 g/mol. The Morgan fingerprint density at radius 2 is 1.46 bits per heavy atom. The summed E-state index contributed by atoms with van der Waals surface area (Å²) in [6, 6.07) is 0.848. The maximum Gasteiger partial charge on any atom is 0.216 e. The molecule has 0 unspecified atom stereocenters. The second kappa shape index (κ2) is 7.01. The molecule has 0 aliphatic heterocycles. The van der Waals surface area contributed by atoms with Gasteiger partial charge >= 0.3 is 0 Å². The Morgan fingerprint density at radius 3 is 1.77 bits per heavy atom. The largest absolute Gasteiger partial charge is 0.305 e. The molecule has 0 atom stereocenters. The molecule has 0 aromatic carbocycles. The monoisotopic (exact) mass is 199 g/mol. The van der Waals surface area contributed by atoms with Gasteiger partial charge in [0.25, 0.3) is 0 Å². The van der Waals surface area contributed by atoms with Gasteiger partial charge in [-0.15, -0.1) is 0 Å². The van der Waals surface area contributed by atoms with E-state index in [4.69, 9.17) is 0 Å². The number of rotatable bonds is 7. The molecule has 0 aromatic rings. The van der Waals surface area contributed by atoms with Crippen molar-refractivity contribution in [2.45, 2.75) is 52.5 Å². The van der Waals surface area contributed by atoms with E-state index in [-0.39, 0.29) is 10.8 Å². The summed E-state index contributed by atoms with van der Waals surface area (Å²) in [5.74, 6) is 0. The summed E-state index contributed by atoms with van der Waals surface area (Å²) in [5.41, 5.74) is 0. The quantitative estimate of drug-likeness (QED) is 0.590. The molecule has 0 aromatic heterocycles. The summed E-state index contributed by atoms with van der Waals surface area (Å²) in [6.07, 6.45) is 3.15. The van der Waals surface area contributed by atoms with Gasteiger partial charge in [-0.2, -0.15) is 0 Å². The lowest BCUT2D eigenvalue weighted by molar-refractivity contribution is -0.115. The van der Waals surface area contributed by atoms with E-state index in [2.05, 4.69) is 6.92 Å². The van der Waals surface area contributed by atoms with Gasteiger partial charge in [-0.1, -0.05) is 33.6 Å². The van der Waals surface area contributed by atoms with Crippen molar-refractivity contribution in [3.8, 4) is 0 Å². The van der Waals surface area contributed by atoms with Crippen LogP contribution in [0, 0.1) is 0 Å². The lowest BCUT2D eigenvalue weighted by Gasteiger charge is -2.09. The Labute approximate surface area is 82.3 Å². The van der Waals surface area contributed by atoms with E-state index in [1.807, 2.05) is 13.8 Å². The molecule has 0 bridgehead atoms. The Hall–Kier alpha value is -0.443. The van der Waals surface area contributed by atoms with E-state index < -0.39 is 8.80 Å². The van der Waals surface area contributed by atoms with Crippen molar-refractivity contribution < 1.29 is 9.59 Å². The van der Waals surface area contributed by atoms with Gasteiger partial charge in [-0.25, -0.2) is 0 Å². The minimum Gasteiger partial charge on any atom is -0.305 e. The van der Waals surface area contributed by atoms with Gasteiger partial charge in [0, 0.05) is 0 Å². The van der Waals surface area contributed by atoms with Crippen molar-refractivity contribution >= 4 is 19.6 Å². The van der Waals surface area contributed by atoms with Crippen LogP contribution < -0.4 is 0 Å². The van der Waals surface area contributed by atoms with Gasteiger partial charge in [0.2, 0.25) is 8.80 Å². The van der Waals surface area contributed by atoms with Crippen molar-refractivity contribution in [3.05, 3.63) is 0 Å². The van der Waals surface area contributed by atoms with E-state index in [9.17, 15) is 9.59 Å². The smallest absolute Gasteiger partial charge is 0.216 e. The highest BCUT2D eigenvalue weighted by molar-refractivity contribution is 7.11. The van der Waals surface area contributed by atoms with Crippen LogP contribution in [0.1, 0.15) is 46.5 Å². The molecule has 0 N–H and O–H groups in total. The number of hydrogen-bond acceptors (Lipinski definition) is 2. The molecule has 75 valence electrons. The van der Waals surface area contributed by atoms with Crippen LogP contribution in [0.4, 0.5) is 0 Å². The molecule has 0 spiro atoms. The highest BCUT2D eigenvalue weighted by Crippen LogP contribution is 2.06. The van der Waals surface area contributed by atoms with Gasteiger partial charge in [-0.3, -0.25) is 0 Å². The molecule has 0 fully saturated rings. The zero-order valence-electron chi connectivity index (χ0n) is 8.85. The van der Waals surface area contributed by atoms with Crippen LogP contribution in [0.25, 0.3) is 0 Å². The zero-order valence-corrected chi connectivity index (χ0v) is 9.85. The van der Waals surface area contributed by atoms with Crippen molar-refractivity contribution in [1.82, 2.24) is 0 Å². The molecule has 0 saturated carbocycles. The molecular weight excluding hydrogens is 180 g/mol. The maximum absolute atomic E-state index is 11.4. The summed E-state index contributed by atoms with van der Waals surface area (Å²) >= 11 is 0. The van der Waals surface area contributed by atoms with Crippen LogP contribution >= 0.6 is 0 Å². The third-order valence-electron chi connectivity index (χ3n) is 2.10. The number of unbranched alkanes of at least 4 members (excludes halogenated alkanes) is 1. The molecule has 3 heteroatoms. The van der Waals surface area contributed by atoms with Crippen molar-refractivity contribution in [2.24, 2.45) is 0 Å². The minimum atomic E-state index is -1.34. The van der Waals surface area contributed by atoms with E-state index in [0.717, 1.165) is 18.9 Å². The topological polar surface area (TPSA) is 34.1 Å². The summed E-state index contributed by atoms with van der Waals surface area (Å²) < 4.78 is 0. The first-order chi connectivity index (χ1) is 6.17. The molecule has 0 amide bonds. The number of carbonyl (C=O) groups excluding carboxylic acids is 2. The summed E-state index contributed by atoms with van der Waals surface area (Å²) in [7, 11) is -1.34. The van der Waals surface area contributed by atoms with Gasteiger partial charge in [0.15, 0.2) is 0 Å². The number of carbonyl (C=O) groups is 2. The van der Waals surface area contributed by atoms with Crippen LogP contribution in [-0.2, 0) is 9.59 Å². The molecule has 0 rings (SSSR count). The molecule has 0 saturated heterocycles. The maximum atomic E-state index is 11.4. The summed E-state index contributed by atoms with van der Waals surface area (Å²) in [4.78, 5) is 22.9. The van der Waals surface area contributed by atoms with Gasteiger partial charge < -0.3 is 9.59 Å². The van der Waals surface area contributed by atoms with Crippen LogP contribution in [0.5, 0.6) is 0 Å². The van der Waals surface area contributed by atoms with E-state index >= 15 is 0 Å². The van der Waals surface area contributed by atoms with Gasteiger partial charge in [-0.05, 0) is 18.9 Å². The highest BCUT2D eigenvalue weighted by Gasteiger charge is 2.25. The van der Waals surface area contributed by atoms with Crippen molar-refractivity contribution in [2.75, 3.05) is 0 Å². The fourth-order valence-corrected chi connectivity index (χ4v) is 3.64. The predicted octanol–water partition coefficient (Wildman–Crippen LogP) is 2.32. The predicted molar refractivity (Wildman–Crippen MR) is 56.1 cm³/mol. The summed E-state index contributed by atoms with van der Waals surface area (Å²) in [6.45, 7) is 5.79.